The van der Waals surface area contributed by atoms with Gasteiger partial charge in [-0.1, -0.05) is 34.8 Å². The molecule has 4 nitrogen and oxygen atoms in total. The van der Waals surface area contributed by atoms with E-state index in [1.54, 1.807) is 12.1 Å². The van der Waals surface area contributed by atoms with Gasteiger partial charge >= 0.3 is 5.97 Å². The molecule has 0 atom stereocenters. The van der Waals surface area contributed by atoms with Gasteiger partial charge in [0.1, 0.15) is 19.0 Å². The molecule has 116 valence electrons. The van der Waals surface area contributed by atoms with Gasteiger partial charge in [0.05, 0.1) is 15.6 Å². The van der Waals surface area contributed by atoms with Crippen LogP contribution in [-0.4, -0.2) is 24.3 Å². The Morgan fingerprint density at radius 1 is 0.955 bits per heavy atom. The second-order valence-corrected chi connectivity index (χ2v) is 5.48. The molecule has 0 aromatic heterocycles. The molecular formula is C15H11Cl3O4. The van der Waals surface area contributed by atoms with Gasteiger partial charge in [-0.2, -0.15) is 0 Å². The predicted octanol–water partition coefficient (Wildman–Crippen LogP) is 4.80. The number of aromatic carboxylic acids is 1. The third-order valence-electron chi connectivity index (χ3n) is 2.66. The molecule has 0 aliphatic rings. The zero-order valence-corrected chi connectivity index (χ0v) is 13.5. The molecule has 0 radical (unpaired) electrons. The van der Waals surface area contributed by atoms with Crippen molar-refractivity contribution in [2.24, 2.45) is 0 Å². The number of hydrogen-bond acceptors (Lipinski definition) is 3. The second-order valence-electron chi connectivity index (χ2n) is 4.23. The first kappa shape index (κ1) is 16.7. The Kier molecular flexibility index (Phi) is 5.77. The second kappa shape index (κ2) is 7.58. The zero-order valence-electron chi connectivity index (χ0n) is 11.2. The monoisotopic (exact) mass is 360 g/mol. The Bertz CT molecular complexity index is 648. The molecular weight excluding hydrogens is 351 g/mol. The Morgan fingerprint density at radius 2 is 1.50 bits per heavy atom. The summed E-state index contributed by atoms with van der Waals surface area (Å²) in [4.78, 5) is 10.7. The molecule has 0 saturated heterocycles. The fraction of sp³-hybridized carbons (Fsp3) is 0.133. The van der Waals surface area contributed by atoms with E-state index in [1.165, 1.54) is 24.3 Å². The molecule has 0 spiro atoms. The highest BCUT2D eigenvalue weighted by atomic mass is 35.5. The molecule has 0 heterocycles. The van der Waals surface area contributed by atoms with Gasteiger partial charge < -0.3 is 14.6 Å². The van der Waals surface area contributed by atoms with E-state index in [-0.39, 0.29) is 18.8 Å². The molecule has 7 heteroatoms. The molecule has 0 fully saturated rings. The van der Waals surface area contributed by atoms with Crippen LogP contribution >= 0.6 is 34.8 Å². The van der Waals surface area contributed by atoms with Gasteiger partial charge in [-0.15, -0.1) is 0 Å². The van der Waals surface area contributed by atoms with Gasteiger partial charge in [0.15, 0.2) is 5.75 Å². The minimum absolute atomic E-state index is 0.198. The maximum Gasteiger partial charge on any atom is 0.335 e. The maximum atomic E-state index is 10.7. The van der Waals surface area contributed by atoms with E-state index < -0.39 is 5.97 Å². The number of hydrogen-bond donors (Lipinski definition) is 1. The van der Waals surface area contributed by atoms with Crippen LogP contribution in [0.3, 0.4) is 0 Å². The summed E-state index contributed by atoms with van der Waals surface area (Å²) in [6.07, 6.45) is 0. The fourth-order valence-electron chi connectivity index (χ4n) is 1.66. The van der Waals surface area contributed by atoms with Crippen molar-refractivity contribution in [3.05, 3.63) is 57.0 Å². The summed E-state index contributed by atoms with van der Waals surface area (Å²) in [5.74, 6) is -0.0960. The van der Waals surface area contributed by atoms with Crippen molar-refractivity contribution in [3.8, 4) is 11.5 Å². The fourth-order valence-corrected chi connectivity index (χ4v) is 2.59. The van der Waals surface area contributed by atoms with Crippen LogP contribution in [-0.2, 0) is 0 Å². The van der Waals surface area contributed by atoms with Crippen molar-refractivity contribution in [2.75, 3.05) is 13.2 Å². The number of carbonyl (C=O) groups is 1. The molecule has 0 bridgehead atoms. The van der Waals surface area contributed by atoms with Gasteiger partial charge in [0, 0.05) is 5.02 Å². The quantitative estimate of drug-likeness (QED) is 0.751. The average molecular weight is 362 g/mol. The summed E-state index contributed by atoms with van der Waals surface area (Å²) in [6, 6.07) is 9.15. The summed E-state index contributed by atoms with van der Waals surface area (Å²) in [5, 5.41) is 9.87. The van der Waals surface area contributed by atoms with E-state index in [0.29, 0.717) is 26.6 Å². The van der Waals surface area contributed by atoms with Gasteiger partial charge in [-0.3, -0.25) is 0 Å². The van der Waals surface area contributed by atoms with Crippen LogP contribution < -0.4 is 9.47 Å². The summed E-state index contributed by atoms with van der Waals surface area (Å²) >= 11 is 17.8. The molecule has 2 aromatic carbocycles. The highest BCUT2D eigenvalue weighted by molar-refractivity contribution is 6.40. The predicted molar refractivity (Wildman–Crippen MR) is 85.9 cm³/mol. The van der Waals surface area contributed by atoms with Crippen LogP contribution in [0, 0.1) is 0 Å². The molecule has 0 amide bonds. The number of benzene rings is 2. The Morgan fingerprint density at radius 3 is 2.05 bits per heavy atom. The Labute approximate surface area is 142 Å². The third kappa shape index (κ3) is 4.44. The Balaban J connectivity index is 1.86. The smallest absolute Gasteiger partial charge is 0.335 e. The van der Waals surface area contributed by atoms with E-state index in [0.717, 1.165) is 0 Å². The van der Waals surface area contributed by atoms with E-state index in [4.69, 9.17) is 49.4 Å². The number of halogens is 3. The van der Waals surface area contributed by atoms with Gasteiger partial charge in [-0.05, 0) is 36.4 Å². The lowest BCUT2D eigenvalue weighted by atomic mass is 10.2. The molecule has 0 saturated carbocycles. The van der Waals surface area contributed by atoms with Crippen molar-refractivity contribution in [1.29, 1.82) is 0 Å². The summed E-state index contributed by atoms with van der Waals surface area (Å²) in [7, 11) is 0. The molecule has 1 N–H and O–H groups in total. The van der Waals surface area contributed by atoms with Gasteiger partial charge in [0.25, 0.3) is 0 Å². The van der Waals surface area contributed by atoms with Crippen LogP contribution in [0.2, 0.25) is 15.1 Å². The van der Waals surface area contributed by atoms with Crippen molar-refractivity contribution in [1.82, 2.24) is 0 Å². The van der Waals surface area contributed by atoms with Crippen LogP contribution in [0.1, 0.15) is 10.4 Å². The minimum atomic E-state index is -0.984. The largest absolute Gasteiger partial charge is 0.490 e. The van der Waals surface area contributed by atoms with Gasteiger partial charge in [0.2, 0.25) is 0 Å². The van der Waals surface area contributed by atoms with Gasteiger partial charge in [-0.25, -0.2) is 4.79 Å². The highest BCUT2D eigenvalue weighted by Gasteiger charge is 2.09. The van der Waals surface area contributed by atoms with Crippen molar-refractivity contribution >= 4 is 40.8 Å². The normalized spacial score (nSPS) is 10.3. The van der Waals surface area contributed by atoms with Crippen LogP contribution in [0.4, 0.5) is 0 Å². The molecule has 0 aliphatic carbocycles. The minimum Gasteiger partial charge on any atom is -0.490 e. The SMILES string of the molecule is O=C(O)c1ccc(OCCOc2c(Cl)cc(Cl)cc2Cl)cc1. The molecule has 22 heavy (non-hydrogen) atoms. The summed E-state index contributed by atoms with van der Waals surface area (Å²) < 4.78 is 10.9. The number of ether oxygens (including phenoxy) is 2. The number of carboxylic acid groups (broad SMARTS) is 1. The highest BCUT2D eigenvalue weighted by Crippen LogP contribution is 2.35. The van der Waals surface area contributed by atoms with Crippen LogP contribution in [0.15, 0.2) is 36.4 Å². The first-order valence-corrected chi connectivity index (χ1v) is 7.34. The first-order valence-electron chi connectivity index (χ1n) is 6.21. The summed E-state index contributed by atoms with van der Waals surface area (Å²) in [5.41, 5.74) is 0.198. The lowest BCUT2D eigenvalue weighted by Crippen LogP contribution is -2.09. The maximum absolute atomic E-state index is 10.7. The van der Waals surface area contributed by atoms with Crippen molar-refractivity contribution in [2.45, 2.75) is 0 Å². The van der Waals surface area contributed by atoms with Crippen LogP contribution in [0.5, 0.6) is 11.5 Å². The lowest BCUT2D eigenvalue weighted by Gasteiger charge is -2.11. The molecule has 2 rings (SSSR count). The summed E-state index contributed by atoms with van der Waals surface area (Å²) in [6.45, 7) is 0.476. The Hall–Kier alpha value is -1.62. The molecule has 2 aromatic rings. The zero-order chi connectivity index (χ0) is 16.1. The number of carboxylic acids is 1. The first-order chi connectivity index (χ1) is 10.5. The van der Waals surface area contributed by atoms with E-state index >= 15 is 0 Å². The lowest BCUT2D eigenvalue weighted by molar-refractivity contribution is 0.0697. The van der Waals surface area contributed by atoms with Crippen molar-refractivity contribution in [3.63, 3.8) is 0 Å². The average Bonchev–Trinajstić information content (AvgIpc) is 2.46. The van der Waals surface area contributed by atoms with Crippen molar-refractivity contribution < 1.29 is 19.4 Å². The number of rotatable bonds is 6. The standard InChI is InChI=1S/C15H11Cl3O4/c16-10-7-12(17)14(13(18)8-10)22-6-5-21-11-3-1-9(2-4-11)15(19)20/h1-4,7-8H,5-6H2,(H,19,20). The van der Waals surface area contributed by atoms with E-state index in [9.17, 15) is 4.79 Å². The van der Waals surface area contributed by atoms with E-state index in [1.807, 2.05) is 0 Å². The topological polar surface area (TPSA) is 55.8 Å². The van der Waals surface area contributed by atoms with Crippen LogP contribution in [0.25, 0.3) is 0 Å². The third-order valence-corrected chi connectivity index (χ3v) is 3.44. The van der Waals surface area contributed by atoms with E-state index in [2.05, 4.69) is 0 Å². The molecule has 0 aliphatic heterocycles. The molecule has 0 unspecified atom stereocenters.